The minimum atomic E-state index is -0.252. The molecule has 0 spiro atoms. The van der Waals surface area contributed by atoms with Crippen LogP contribution in [0.1, 0.15) is 42.6 Å². The lowest BCUT2D eigenvalue weighted by Gasteiger charge is -2.30. The predicted molar refractivity (Wildman–Crippen MR) is 142 cm³/mol. The largest absolute Gasteiger partial charge is 0.337 e. The van der Waals surface area contributed by atoms with Crippen LogP contribution >= 0.6 is 0 Å². The third-order valence-electron chi connectivity index (χ3n) is 7.40. The molecular formula is C29H29FN6O. The van der Waals surface area contributed by atoms with Crippen LogP contribution in [-0.4, -0.2) is 51.4 Å². The highest BCUT2D eigenvalue weighted by Gasteiger charge is 2.37. The monoisotopic (exact) mass is 496 g/mol. The van der Waals surface area contributed by atoms with Crippen molar-refractivity contribution in [1.82, 2.24) is 19.9 Å². The topological polar surface area (TPSA) is 88.2 Å². The molecule has 1 saturated heterocycles. The normalized spacial score (nSPS) is 18.8. The first-order valence-electron chi connectivity index (χ1n) is 12.6. The van der Waals surface area contributed by atoms with Crippen molar-refractivity contribution in [3.05, 3.63) is 77.9 Å². The predicted octanol–water partition coefficient (Wildman–Crippen LogP) is 4.82. The second-order valence-electron chi connectivity index (χ2n) is 10.6. The van der Waals surface area contributed by atoms with E-state index in [-0.39, 0.29) is 23.2 Å². The summed E-state index contributed by atoms with van der Waals surface area (Å²) in [5.74, 6) is 0.423. The number of hydrogen-bond acceptors (Lipinski definition) is 6. The molecule has 1 fully saturated rings. The number of anilines is 2. The van der Waals surface area contributed by atoms with Gasteiger partial charge in [0.1, 0.15) is 17.7 Å². The first-order chi connectivity index (χ1) is 17.8. The van der Waals surface area contributed by atoms with Crippen molar-refractivity contribution in [2.24, 2.45) is 5.73 Å². The standard InChI is InChI=1S/C29H29FN6O/c1-29(2)16-36(25-11-8-20(30)14-22(25)29)27-26-24(32-17-33-27)10-9-23(34-26)18-5-3-6-19(13-18)28(37)35-12-4-7-21(31)15-35/h3,5-6,8-11,13-14,17,21H,4,7,12,15-16,31H2,1-2H3/t21-/m1/s1. The van der Waals surface area contributed by atoms with Gasteiger partial charge >= 0.3 is 0 Å². The molecule has 0 unspecified atom stereocenters. The van der Waals surface area contributed by atoms with E-state index in [1.807, 2.05) is 41.3 Å². The van der Waals surface area contributed by atoms with E-state index in [1.54, 1.807) is 12.1 Å². The number of fused-ring (bicyclic) bond motifs is 2. The summed E-state index contributed by atoms with van der Waals surface area (Å²) in [6.45, 7) is 6.15. The minimum absolute atomic E-state index is 0.00931. The number of benzene rings is 2. The molecule has 4 aromatic rings. The highest BCUT2D eigenvalue weighted by Crippen LogP contribution is 2.45. The third-order valence-corrected chi connectivity index (χ3v) is 7.40. The van der Waals surface area contributed by atoms with Gasteiger partial charge in [-0.05, 0) is 60.9 Å². The van der Waals surface area contributed by atoms with Gasteiger partial charge in [0.15, 0.2) is 5.82 Å². The number of rotatable bonds is 3. The summed E-state index contributed by atoms with van der Waals surface area (Å²) in [5.41, 5.74) is 11.3. The van der Waals surface area contributed by atoms with Gasteiger partial charge in [-0.25, -0.2) is 19.3 Å². The number of carbonyl (C=O) groups excluding carboxylic acids is 1. The van der Waals surface area contributed by atoms with Crippen LogP contribution in [0, 0.1) is 5.82 Å². The van der Waals surface area contributed by atoms with E-state index < -0.39 is 0 Å². The fourth-order valence-corrected chi connectivity index (χ4v) is 5.51. The first-order valence-corrected chi connectivity index (χ1v) is 12.6. The molecule has 8 heteroatoms. The second kappa shape index (κ2) is 8.88. The van der Waals surface area contributed by atoms with Crippen LogP contribution in [0.25, 0.3) is 22.3 Å². The molecule has 1 atom stereocenters. The summed E-state index contributed by atoms with van der Waals surface area (Å²) in [7, 11) is 0. The Morgan fingerprint density at radius 2 is 1.97 bits per heavy atom. The lowest BCUT2D eigenvalue weighted by molar-refractivity contribution is 0.0709. The lowest BCUT2D eigenvalue weighted by Crippen LogP contribution is -2.45. The van der Waals surface area contributed by atoms with Crippen LogP contribution in [0.4, 0.5) is 15.9 Å². The van der Waals surface area contributed by atoms with Crippen LogP contribution in [0.2, 0.25) is 0 Å². The van der Waals surface area contributed by atoms with Gasteiger partial charge in [-0.1, -0.05) is 26.0 Å². The van der Waals surface area contributed by atoms with E-state index in [0.717, 1.165) is 47.4 Å². The Bertz CT molecular complexity index is 1520. The van der Waals surface area contributed by atoms with Gasteiger partial charge in [-0.3, -0.25) is 4.79 Å². The molecule has 7 nitrogen and oxygen atoms in total. The van der Waals surface area contributed by atoms with Crippen molar-refractivity contribution in [1.29, 1.82) is 0 Å². The maximum Gasteiger partial charge on any atom is 0.253 e. The molecule has 2 N–H and O–H groups in total. The lowest BCUT2D eigenvalue weighted by atomic mass is 9.87. The van der Waals surface area contributed by atoms with Gasteiger partial charge < -0.3 is 15.5 Å². The third kappa shape index (κ3) is 4.21. The van der Waals surface area contributed by atoms with Crippen molar-refractivity contribution in [2.45, 2.75) is 38.1 Å². The Morgan fingerprint density at radius 3 is 2.81 bits per heavy atom. The van der Waals surface area contributed by atoms with Gasteiger partial charge in [0, 0.05) is 47.9 Å². The number of hydrogen-bond donors (Lipinski definition) is 1. The highest BCUT2D eigenvalue weighted by atomic mass is 19.1. The zero-order chi connectivity index (χ0) is 25.7. The second-order valence-corrected chi connectivity index (χ2v) is 10.6. The zero-order valence-electron chi connectivity index (χ0n) is 21.0. The highest BCUT2D eigenvalue weighted by molar-refractivity contribution is 5.96. The average molecular weight is 497 g/mol. The van der Waals surface area contributed by atoms with E-state index >= 15 is 0 Å². The molecule has 0 radical (unpaired) electrons. The summed E-state index contributed by atoms with van der Waals surface area (Å²) in [5, 5.41) is 0. The molecule has 188 valence electrons. The van der Waals surface area contributed by atoms with E-state index in [0.29, 0.717) is 30.0 Å². The van der Waals surface area contributed by atoms with Crippen molar-refractivity contribution >= 4 is 28.4 Å². The maximum atomic E-state index is 14.1. The van der Waals surface area contributed by atoms with Gasteiger partial charge in [0.2, 0.25) is 0 Å². The smallest absolute Gasteiger partial charge is 0.253 e. The zero-order valence-corrected chi connectivity index (χ0v) is 21.0. The van der Waals surface area contributed by atoms with E-state index in [1.165, 1.54) is 12.4 Å². The fraction of sp³-hybridized carbons (Fsp3) is 0.310. The van der Waals surface area contributed by atoms with Gasteiger partial charge in [-0.2, -0.15) is 0 Å². The number of carbonyl (C=O) groups is 1. The molecular weight excluding hydrogens is 467 g/mol. The Labute approximate surface area is 215 Å². The number of nitrogens with two attached hydrogens (primary N) is 1. The van der Waals surface area contributed by atoms with E-state index in [9.17, 15) is 9.18 Å². The molecule has 0 saturated carbocycles. The Morgan fingerprint density at radius 1 is 1.11 bits per heavy atom. The number of halogens is 1. The quantitative estimate of drug-likeness (QED) is 0.437. The summed E-state index contributed by atoms with van der Waals surface area (Å²) in [6, 6.07) is 16.3. The number of likely N-dealkylation sites (tertiary alicyclic amines) is 1. The van der Waals surface area contributed by atoms with Gasteiger partial charge in [0.25, 0.3) is 5.91 Å². The molecule has 37 heavy (non-hydrogen) atoms. The number of pyridine rings is 1. The SMILES string of the molecule is CC1(C)CN(c2ncnc3ccc(-c4cccc(C(=O)N5CCC[C@@H](N)C5)c4)nc23)c2ccc(F)cc21. The Balaban J connectivity index is 1.39. The van der Waals surface area contributed by atoms with E-state index in [4.69, 9.17) is 10.7 Å². The summed E-state index contributed by atoms with van der Waals surface area (Å²) in [4.78, 5) is 31.1. The molecule has 4 heterocycles. The van der Waals surface area contributed by atoms with Crippen LogP contribution in [0.15, 0.2) is 60.9 Å². The Kier molecular flexibility index (Phi) is 5.64. The number of amides is 1. The molecule has 0 bridgehead atoms. The first kappa shape index (κ1) is 23.5. The fourth-order valence-electron chi connectivity index (χ4n) is 5.51. The molecule has 2 aromatic heterocycles. The summed E-state index contributed by atoms with van der Waals surface area (Å²) in [6.07, 6.45) is 3.41. The Hall–Kier alpha value is -3.91. The van der Waals surface area contributed by atoms with Gasteiger partial charge in [0.05, 0.1) is 11.2 Å². The van der Waals surface area contributed by atoms with Crippen LogP contribution in [-0.2, 0) is 5.41 Å². The molecule has 2 aromatic carbocycles. The van der Waals surface area contributed by atoms with Crippen molar-refractivity contribution in [3.8, 4) is 11.3 Å². The average Bonchev–Trinajstić information content (AvgIpc) is 3.17. The van der Waals surface area contributed by atoms with Crippen molar-refractivity contribution < 1.29 is 9.18 Å². The molecule has 0 aliphatic carbocycles. The molecule has 1 amide bonds. The van der Waals surface area contributed by atoms with Crippen LogP contribution in [0.5, 0.6) is 0 Å². The number of nitrogens with zero attached hydrogens (tertiary/aromatic N) is 5. The minimum Gasteiger partial charge on any atom is -0.337 e. The molecule has 6 rings (SSSR count). The maximum absolute atomic E-state index is 14.1. The molecule has 2 aliphatic rings. The number of aromatic nitrogens is 3. The molecule has 2 aliphatic heterocycles. The van der Waals surface area contributed by atoms with Crippen molar-refractivity contribution in [3.63, 3.8) is 0 Å². The van der Waals surface area contributed by atoms with Gasteiger partial charge in [-0.15, -0.1) is 0 Å². The van der Waals surface area contributed by atoms with Crippen LogP contribution < -0.4 is 10.6 Å². The summed E-state index contributed by atoms with van der Waals surface area (Å²) < 4.78 is 14.1. The van der Waals surface area contributed by atoms with Crippen LogP contribution in [0.3, 0.4) is 0 Å². The van der Waals surface area contributed by atoms with Crippen molar-refractivity contribution in [2.75, 3.05) is 24.5 Å². The summed E-state index contributed by atoms with van der Waals surface area (Å²) >= 11 is 0. The number of piperidine rings is 1. The van der Waals surface area contributed by atoms with E-state index in [2.05, 4.69) is 28.7 Å².